The zero-order valence-electron chi connectivity index (χ0n) is 16.2. The van der Waals surface area contributed by atoms with E-state index in [2.05, 4.69) is 16.2 Å². The summed E-state index contributed by atoms with van der Waals surface area (Å²) in [6, 6.07) is 2.53. The molecule has 1 saturated heterocycles. The largest absolute Gasteiger partial charge is 0.444 e. The highest BCUT2D eigenvalue weighted by Gasteiger charge is 2.33. The van der Waals surface area contributed by atoms with Gasteiger partial charge in [-0.2, -0.15) is 0 Å². The van der Waals surface area contributed by atoms with Gasteiger partial charge < -0.3 is 19.4 Å². The average Bonchev–Trinajstić information content (AvgIpc) is 3.02. The maximum Gasteiger partial charge on any atom is 0.408 e. The summed E-state index contributed by atoms with van der Waals surface area (Å²) < 4.78 is 12.2. The molecule has 0 bridgehead atoms. The van der Waals surface area contributed by atoms with Crippen LogP contribution >= 0.6 is 0 Å². The van der Waals surface area contributed by atoms with Gasteiger partial charge in [0.15, 0.2) is 0 Å². The van der Waals surface area contributed by atoms with Crippen LogP contribution < -0.4 is 16.2 Å². The fourth-order valence-corrected chi connectivity index (χ4v) is 2.84. The summed E-state index contributed by atoms with van der Waals surface area (Å²) in [5.41, 5.74) is 4.51. The van der Waals surface area contributed by atoms with Gasteiger partial charge in [-0.25, -0.2) is 4.79 Å². The zero-order valence-corrected chi connectivity index (χ0v) is 16.2. The molecular formula is C18H28N4O5. The molecule has 0 aliphatic carbocycles. The lowest BCUT2D eigenvalue weighted by molar-refractivity contribution is -0.126. The Kier molecular flexibility index (Phi) is 6.84. The third-order valence-corrected chi connectivity index (χ3v) is 4.17. The highest BCUT2D eigenvalue weighted by Crippen LogP contribution is 2.19. The number of aromatic nitrogens is 1. The van der Waals surface area contributed by atoms with Gasteiger partial charge in [0, 0.05) is 26.5 Å². The first kappa shape index (κ1) is 20.8. The molecule has 1 aliphatic heterocycles. The smallest absolute Gasteiger partial charge is 0.408 e. The number of carbonyl (C=O) groups is 3. The van der Waals surface area contributed by atoms with Crippen LogP contribution in [0.25, 0.3) is 0 Å². The Morgan fingerprint density at radius 1 is 1.22 bits per heavy atom. The third-order valence-electron chi connectivity index (χ3n) is 4.17. The molecule has 0 saturated carbocycles. The summed E-state index contributed by atoms with van der Waals surface area (Å²) in [4.78, 5) is 37.0. The predicted octanol–water partition coefficient (Wildman–Crippen LogP) is 1.11. The van der Waals surface area contributed by atoms with Crippen LogP contribution in [0.15, 0.2) is 18.3 Å². The highest BCUT2D eigenvalue weighted by molar-refractivity contribution is 5.95. The van der Waals surface area contributed by atoms with Crippen LogP contribution in [0.1, 0.15) is 44.1 Å². The van der Waals surface area contributed by atoms with E-state index in [1.807, 2.05) is 0 Å². The van der Waals surface area contributed by atoms with E-state index in [9.17, 15) is 14.4 Å². The molecule has 3 amide bonds. The summed E-state index contributed by atoms with van der Waals surface area (Å²) in [6.07, 6.45) is 2.30. The van der Waals surface area contributed by atoms with Crippen molar-refractivity contribution in [2.45, 2.75) is 45.3 Å². The lowest BCUT2D eigenvalue weighted by Crippen LogP contribution is -2.56. The standard InChI is InChI=1S/C18H28N4O5/c1-18(2,3)27-17(25)19-14(12-7-10-26-11-8-12)16(24)21-20-15(23)13-6-5-9-22(13)4/h5-6,9,12,14H,7-8,10-11H2,1-4H3,(H,19,25)(H,20,23)(H,21,24)/t14-/m1/s1. The van der Waals surface area contributed by atoms with Crippen molar-refractivity contribution in [2.24, 2.45) is 13.0 Å². The van der Waals surface area contributed by atoms with Crippen molar-refractivity contribution in [3.63, 3.8) is 0 Å². The van der Waals surface area contributed by atoms with Crippen molar-refractivity contribution in [1.82, 2.24) is 20.7 Å². The minimum absolute atomic E-state index is 0.113. The van der Waals surface area contributed by atoms with Crippen LogP contribution in [0.4, 0.5) is 4.79 Å². The number of nitrogens with one attached hydrogen (secondary N) is 3. The van der Waals surface area contributed by atoms with Crippen LogP contribution in [-0.4, -0.2) is 47.3 Å². The first-order valence-electron chi connectivity index (χ1n) is 8.96. The second-order valence-corrected chi connectivity index (χ2v) is 7.52. The van der Waals surface area contributed by atoms with Gasteiger partial charge in [-0.05, 0) is 51.7 Å². The second-order valence-electron chi connectivity index (χ2n) is 7.52. The fourth-order valence-electron chi connectivity index (χ4n) is 2.84. The molecule has 150 valence electrons. The van der Waals surface area contributed by atoms with Gasteiger partial charge in [-0.15, -0.1) is 0 Å². The number of nitrogens with zero attached hydrogens (tertiary/aromatic N) is 1. The van der Waals surface area contributed by atoms with Gasteiger partial charge in [-0.1, -0.05) is 0 Å². The molecular weight excluding hydrogens is 352 g/mol. The maximum absolute atomic E-state index is 12.7. The van der Waals surface area contributed by atoms with E-state index in [1.165, 1.54) is 0 Å². The molecule has 1 aliphatic rings. The van der Waals surface area contributed by atoms with Crippen molar-refractivity contribution >= 4 is 17.9 Å². The molecule has 1 atom stereocenters. The Bertz CT molecular complexity index is 674. The molecule has 2 rings (SSSR count). The van der Waals surface area contributed by atoms with Crippen LogP contribution in [0.2, 0.25) is 0 Å². The zero-order chi connectivity index (χ0) is 20.0. The summed E-state index contributed by atoms with van der Waals surface area (Å²) in [7, 11) is 1.73. The number of aryl methyl sites for hydroxylation is 1. The molecule has 1 aromatic rings. The van der Waals surface area contributed by atoms with Gasteiger partial charge in [-0.3, -0.25) is 20.4 Å². The molecule has 0 unspecified atom stereocenters. The number of hydrogen-bond donors (Lipinski definition) is 3. The lowest BCUT2D eigenvalue weighted by Gasteiger charge is -2.30. The Hall–Kier alpha value is -2.55. The normalized spacial score (nSPS) is 16.3. The molecule has 0 spiro atoms. The van der Waals surface area contributed by atoms with E-state index < -0.39 is 29.6 Å². The Morgan fingerprint density at radius 2 is 1.89 bits per heavy atom. The van der Waals surface area contributed by atoms with E-state index in [0.717, 1.165) is 0 Å². The molecule has 0 radical (unpaired) electrons. The van der Waals surface area contributed by atoms with Crippen molar-refractivity contribution < 1.29 is 23.9 Å². The van der Waals surface area contributed by atoms with Crippen LogP contribution in [0.5, 0.6) is 0 Å². The third kappa shape index (κ3) is 6.28. The summed E-state index contributed by atoms with van der Waals surface area (Å²) in [6.45, 7) is 6.27. The number of rotatable bonds is 4. The molecule has 0 aromatic carbocycles. The Balaban J connectivity index is 2.00. The topological polar surface area (TPSA) is 111 Å². The minimum Gasteiger partial charge on any atom is -0.444 e. The van der Waals surface area contributed by atoms with E-state index in [4.69, 9.17) is 9.47 Å². The number of alkyl carbamates (subject to hydrolysis) is 1. The van der Waals surface area contributed by atoms with Crippen LogP contribution in [0.3, 0.4) is 0 Å². The van der Waals surface area contributed by atoms with Gasteiger partial charge in [0.05, 0.1) is 0 Å². The SMILES string of the molecule is Cn1cccc1C(=O)NNC(=O)[C@H](NC(=O)OC(C)(C)C)C1CCOCC1. The molecule has 2 heterocycles. The average molecular weight is 380 g/mol. The van der Waals surface area contributed by atoms with Gasteiger partial charge in [0.2, 0.25) is 0 Å². The molecule has 3 N–H and O–H groups in total. The number of hydrogen-bond acceptors (Lipinski definition) is 5. The predicted molar refractivity (Wildman–Crippen MR) is 97.7 cm³/mol. The molecule has 9 heteroatoms. The van der Waals surface area contributed by atoms with E-state index in [1.54, 1.807) is 50.7 Å². The highest BCUT2D eigenvalue weighted by atomic mass is 16.6. The Morgan fingerprint density at radius 3 is 2.44 bits per heavy atom. The van der Waals surface area contributed by atoms with Gasteiger partial charge in [0.1, 0.15) is 17.3 Å². The van der Waals surface area contributed by atoms with E-state index in [0.29, 0.717) is 31.7 Å². The monoisotopic (exact) mass is 380 g/mol. The number of amides is 3. The first-order valence-corrected chi connectivity index (χ1v) is 8.96. The van der Waals surface area contributed by atoms with Crippen LogP contribution in [0, 0.1) is 5.92 Å². The van der Waals surface area contributed by atoms with Crippen molar-refractivity contribution in [2.75, 3.05) is 13.2 Å². The number of hydrazine groups is 1. The first-order chi connectivity index (χ1) is 12.7. The molecule has 1 aromatic heterocycles. The maximum atomic E-state index is 12.7. The van der Waals surface area contributed by atoms with Gasteiger partial charge in [0.25, 0.3) is 11.8 Å². The summed E-state index contributed by atoms with van der Waals surface area (Å²) in [5.74, 6) is -1.06. The second kappa shape index (κ2) is 8.90. The quantitative estimate of drug-likeness (QED) is 0.678. The number of carbonyl (C=O) groups excluding carboxylic acids is 3. The molecule has 27 heavy (non-hydrogen) atoms. The fraction of sp³-hybridized carbons (Fsp3) is 0.611. The minimum atomic E-state index is -0.836. The van der Waals surface area contributed by atoms with Crippen molar-refractivity contribution in [3.8, 4) is 0 Å². The summed E-state index contributed by atoms with van der Waals surface area (Å²) in [5, 5.41) is 2.63. The van der Waals surface area contributed by atoms with E-state index in [-0.39, 0.29) is 5.92 Å². The van der Waals surface area contributed by atoms with Crippen molar-refractivity contribution in [1.29, 1.82) is 0 Å². The lowest BCUT2D eigenvalue weighted by atomic mass is 9.91. The van der Waals surface area contributed by atoms with Crippen LogP contribution in [-0.2, 0) is 21.3 Å². The van der Waals surface area contributed by atoms with Gasteiger partial charge >= 0.3 is 6.09 Å². The van der Waals surface area contributed by atoms with E-state index >= 15 is 0 Å². The summed E-state index contributed by atoms with van der Waals surface area (Å²) >= 11 is 0. The molecule has 1 fully saturated rings. The van der Waals surface area contributed by atoms with Crippen molar-refractivity contribution in [3.05, 3.63) is 24.0 Å². The number of ether oxygens (including phenoxy) is 2. The molecule has 9 nitrogen and oxygen atoms in total. The Labute approximate surface area is 158 Å².